The molecule has 8 nitrogen and oxygen atoms in total. The zero-order valence-corrected chi connectivity index (χ0v) is 12.6. The first-order chi connectivity index (χ1) is 10.6. The van der Waals surface area contributed by atoms with E-state index in [4.69, 9.17) is 5.73 Å². The number of carbonyl (C=O) groups is 1. The van der Waals surface area contributed by atoms with Crippen LogP contribution < -0.4 is 10.6 Å². The second-order valence-electron chi connectivity index (χ2n) is 5.65. The lowest BCUT2D eigenvalue weighted by molar-refractivity contribution is 0.0995. The SMILES string of the molecule is CN(C)[C@@H]1CN(c2ccnc(C(N)=O)c2)C[C@@H]1n1ccnn1. The Morgan fingerprint density at radius 2 is 2.18 bits per heavy atom. The molecule has 1 amide bonds. The van der Waals surface area contributed by atoms with Crippen molar-refractivity contribution in [3.05, 3.63) is 36.4 Å². The van der Waals surface area contributed by atoms with E-state index in [1.807, 2.05) is 16.9 Å². The van der Waals surface area contributed by atoms with E-state index < -0.39 is 5.91 Å². The number of carbonyl (C=O) groups excluding carboxylic acids is 1. The van der Waals surface area contributed by atoms with E-state index in [1.54, 1.807) is 18.5 Å². The van der Waals surface area contributed by atoms with Crippen LogP contribution >= 0.6 is 0 Å². The molecule has 2 N–H and O–H groups in total. The summed E-state index contributed by atoms with van der Waals surface area (Å²) in [5.74, 6) is -0.516. The quantitative estimate of drug-likeness (QED) is 0.838. The van der Waals surface area contributed by atoms with Crippen LogP contribution in [0.5, 0.6) is 0 Å². The number of hydrogen-bond donors (Lipinski definition) is 1. The number of aromatic nitrogens is 4. The second kappa shape index (κ2) is 5.72. The van der Waals surface area contributed by atoms with E-state index in [0.717, 1.165) is 18.8 Å². The van der Waals surface area contributed by atoms with Gasteiger partial charge in [0.25, 0.3) is 5.91 Å². The van der Waals surface area contributed by atoms with Gasteiger partial charge >= 0.3 is 0 Å². The van der Waals surface area contributed by atoms with Gasteiger partial charge in [-0.1, -0.05) is 5.21 Å². The van der Waals surface area contributed by atoms with Gasteiger partial charge in [-0.15, -0.1) is 5.10 Å². The van der Waals surface area contributed by atoms with Gasteiger partial charge < -0.3 is 15.5 Å². The van der Waals surface area contributed by atoms with Crippen molar-refractivity contribution in [3.8, 4) is 0 Å². The number of primary amides is 1. The van der Waals surface area contributed by atoms with Crippen LogP contribution in [0.15, 0.2) is 30.7 Å². The third-order valence-corrected chi connectivity index (χ3v) is 4.06. The lowest BCUT2D eigenvalue weighted by Crippen LogP contribution is -2.36. The molecule has 2 aromatic heterocycles. The number of amides is 1. The molecular weight excluding hydrogens is 282 g/mol. The molecule has 0 aromatic carbocycles. The van der Waals surface area contributed by atoms with E-state index >= 15 is 0 Å². The number of anilines is 1. The molecule has 8 heteroatoms. The van der Waals surface area contributed by atoms with Crippen LogP contribution in [0.3, 0.4) is 0 Å². The Labute approximate surface area is 128 Å². The van der Waals surface area contributed by atoms with Crippen molar-refractivity contribution in [3.63, 3.8) is 0 Å². The van der Waals surface area contributed by atoms with E-state index in [-0.39, 0.29) is 11.7 Å². The minimum Gasteiger partial charge on any atom is -0.368 e. The predicted octanol–water partition coefficient (Wildman–Crippen LogP) is -0.236. The van der Waals surface area contributed by atoms with Crippen molar-refractivity contribution in [2.45, 2.75) is 12.1 Å². The number of nitrogens with two attached hydrogens (primary N) is 1. The Bertz CT molecular complexity index is 655. The minimum atomic E-state index is -0.516. The van der Waals surface area contributed by atoms with Crippen molar-refractivity contribution in [2.75, 3.05) is 32.1 Å². The fourth-order valence-corrected chi connectivity index (χ4v) is 2.89. The van der Waals surface area contributed by atoms with Gasteiger partial charge in [-0.2, -0.15) is 0 Å². The maximum atomic E-state index is 11.3. The summed E-state index contributed by atoms with van der Waals surface area (Å²) in [6, 6.07) is 4.12. The molecule has 22 heavy (non-hydrogen) atoms. The van der Waals surface area contributed by atoms with Gasteiger partial charge in [0.05, 0.1) is 18.3 Å². The summed E-state index contributed by atoms with van der Waals surface area (Å²) < 4.78 is 1.89. The Balaban J connectivity index is 1.87. The summed E-state index contributed by atoms with van der Waals surface area (Å²) in [5, 5.41) is 8.03. The van der Waals surface area contributed by atoms with Gasteiger partial charge in [0.1, 0.15) is 5.69 Å². The third-order valence-electron chi connectivity index (χ3n) is 4.06. The highest BCUT2D eigenvalue weighted by Gasteiger charge is 2.36. The van der Waals surface area contributed by atoms with Gasteiger partial charge in [-0.3, -0.25) is 9.78 Å². The number of pyridine rings is 1. The molecule has 1 aliphatic heterocycles. The van der Waals surface area contributed by atoms with Crippen LogP contribution in [0.25, 0.3) is 0 Å². The molecule has 1 fully saturated rings. The van der Waals surface area contributed by atoms with Gasteiger partial charge in [0.15, 0.2) is 0 Å². The van der Waals surface area contributed by atoms with Crippen LogP contribution in [0.4, 0.5) is 5.69 Å². The summed E-state index contributed by atoms with van der Waals surface area (Å²) in [4.78, 5) is 19.7. The monoisotopic (exact) mass is 301 g/mol. The fraction of sp³-hybridized carbons (Fsp3) is 0.429. The molecule has 0 radical (unpaired) electrons. The van der Waals surface area contributed by atoms with E-state index in [2.05, 4.69) is 39.2 Å². The van der Waals surface area contributed by atoms with Crippen LogP contribution in [0.1, 0.15) is 16.5 Å². The highest BCUT2D eigenvalue weighted by atomic mass is 16.1. The molecule has 3 rings (SSSR count). The number of likely N-dealkylation sites (N-methyl/N-ethyl adjacent to an activating group) is 1. The van der Waals surface area contributed by atoms with Gasteiger partial charge in [0, 0.05) is 31.2 Å². The first-order valence-corrected chi connectivity index (χ1v) is 7.09. The smallest absolute Gasteiger partial charge is 0.267 e. The minimum absolute atomic E-state index is 0.197. The van der Waals surface area contributed by atoms with E-state index in [0.29, 0.717) is 6.04 Å². The molecule has 2 atom stereocenters. The van der Waals surface area contributed by atoms with Crippen LogP contribution in [0, 0.1) is 0 Å². The molecule has 0 aliphatic carbocycles. The molecule has 0 spiro atoms. The van der Waals surface area contributed by atoms with Crippen molar-refractivity contribution in [2.24, 2.45) is 5.73 Å². The number of hydrogen-bond acceptors (Lipinski definition) is 6. The highest BCUT2D eigenvalue weighted by Crippen LogP contribution is 2.29. The molecule has 1 aliphatic rings. The lowest BCUT2D eigenvalue weighted by atomic mass is 10.1. The van der Waals surface area contributed by atoms with Crippen LogP contribution in [-0.4, -0.2) is 64.0 Å². The summed E-state index contributed by atoms with van der Waals surface area (Å²) in [6.45, 7) is 1.62. The Morgan fingerprint density at radius 3 is 2.82 bits per heavy atom. The normalized spacial score (nSPS) is 21.5. The highest BCUT2D eigenvalue weighted by molar-refractivity contribution is 5.91. The van der Waals surface area contributed by atoms with Crippen molar-refractivity contribution in [1.82, 2.24) is 24.9 Å². The topological polar surface area (TPSA) is 93.2 Å². The molecule has 2 aromatic rings. The molecule has 116 valence electrons. The third kappa shape index (κ3) is 2.64. The van der Waals surface area contributed by atoms with Crippen LogP contribution in [-0.2, 0) is 0 Å². The zero-order valence-electron chi connectivity index (χ0n) is 12.6. The summed E-state index contributed by atoms with van der Waals surface area (Å²) in [6.07, 6.45) is 5.18. The van der Waals surface area contributed by atoms with Gasteiger partial charge in [-0.05, 0) is 26.2 Å². The summed E-state index contributed by atoms with van der Waals surface area (Å²) in [7, 11) is 4.11. The Hall–Kier alpha value is -2.48. The first-order valence-electron chi connectivity index (χ1n) is 7.09. The van der Waals surface area contributed by atoms with Crippen molar-refractivity contribution < 1.29 is 4.79 Å². The standard InChI is InChI=1S/C14H19N7O/c1-19(2)12-8-20(9-13(12)21-6-5-17-18-21)10-3-4-16-11(7-10)14(15)22/h3-7,12-13H,8-9H2,1-2H3,(H2,15,22)/t12-,13+/m1/s1. The van der Waals surface area contributed by atoms with Gasteiger partial charge in [-0.25, -0.2) is 4.68 Å². The second-order valence-corrected chi connectivity index (χ2v) is 5.65. The molecule has 1 saturated heterocycles. The fourth-order valence-electron chi connectivity index (χ4n) is 2.89. The van der Waals surface area contributed by atoms with E-state index in [1.165, 1.54) is 0 Å². The lowest BCUT2D eigenvalue weighted by Gasteiger charge is -2.24. The summed E-state index contributed by atoms with van der Waals surface area (Å²) in [5.41, 5.74) is 6.53. The maximum Gasteiger partial charge on any atom is 0.267 e. The number of rotatable bonds is 4. The zero-order chi connectivity index (χ0) is 15.7. The molecule has 0 saturated carbocycles. The molecule has 0 bridgehead atoms. The van der Waals surface area contributed by atoms with Gasteiger partial charge in [0.2, 0.25) is 0 Å². The predicted molar refractivity (Wildman–Crippen MR) is 81.5 cm³/mol. The Morgan fingerprint density at radius 1 is 1.36 bits per heavy atom. The molecule has 3 heterocycles. The average Bonchev–Trinajstić information content (AvgIpc) is 3.16. The number of nitrogens with zero attached hydrogens (tertiary/aromatic N) is 6. The summed E-state index contributed by atoms with van der Waals surface area (Å²) >= 11 is 0. The van der Waals surface area contributed by atoms with E-state index in [9.17, 15) is 4.79 Å². The first kappa shape index (κ1) is 14.5. The molecule has 0 unspecified atom stereocenters. The van der Waals surface area contributed by atoms with Crippen molar-refractivity contribution in [1.29, 1.82) is 0 Å². The van der Waals surface area contributed by atoms with Crippen LogP contribution in [0.2, 0.25) is 0 Å². The maximum absolute atomic E-state index is 11.3. The largest absolute Gasteiger partial charge is 0.368 e. The average molecular weight is 301 g/mol. The van der Waals surface area contributed by atoms with Crippen molar-refractivity contribution >= 4 is 11.6 Å². The Kier molecular flexibility index (Phi) is 3.76. The molecular formula is C14H19N7O.